The number of nitrogen functional groups attached to an aromatic ring is 1. The molecule has 2 N–H and O–H groups in total. The number of benzene rings is 2. The quantitative estimate of drug-likeness (QED) is 0.754. The van der Waals surface area contributed by atoms with Gasteiger partial charge in [-0.25, -0.2) is 12.4 Å². The Morgan fingerprint density at radius 2 is 1.86 bits per heavy atom. The van der Waals surface area contributed by atoms with E-state index in [0.717, 1.165) is 10.9 Å². The standard InChI is InChI=1S/C16H16N2O3S/c1-11-3-6-14(10-15(11)17)22(19,20)18-8-7-12-4-5-13(21-2)9-16(12)18/h3-10H,17H2,1-2H3. The van der Waals surface area contributed by atoms with Crippen LogP contribution in [0, 0.1) is 6.92 Å². The van der Waals surface area contributed by atoms with Gasteiger partial charge in [0.1, 0.15) is 5.75 Å². The lowest BCUT2D eigenvalue weighted by Gasteiger charge is -2.10. The zero-order valence-electron chi connectivity index (χ0n) is 12.3. The van der Waals surface area contributed by atoms with Crippen LogP contribution in [0.2, 0.25) is 0 Å². The fourth-order valence-corrected chi connectivity index (χ4v) is 3.69. The molecule has 0 amide bonds. The van der Waals surface area contributed by atoms with E-state index in [2.05, 4.69) is 0 Å². The molecule has 1 aromatic heterocycles. The van der Waals surface area contributed by atoms with E-state index in [1.807, 2.05) is 13.0 Å². The first-order valence-electron chi connectivity index (χ1n) is 6.70. The molecule has 3 aromatic rings. The first-order chi connectivity index (χ1) is 10.4. The van der Waals surface area contributed by atoms with Crippen LogP contribution in [-0.4, -0.2) is 19.5 Å². The monoisotopic (exact) mass is 316 g/mol. The minimum atomic E-state index is -3.71. The number of hydrogen-bond acceptors (Lipinski definition) is 4. The summed E-state index contributed by atoms with van der Waals surface area (Å²) in [5.74, 6) is 0.603. The Morgan fingerprint density at radius 1 is 1.09 bits per heavy atom. The summed E-state index contributed by atoms with van der Waals surface area (Å²) in [6, 6.07) is 11.8. The molecule has 22 heavy (non-hydrogen) atoms. The third-order valence-electron chi connectivity index (χ3n) is 3.67. The van der Waals surface area contributed by atoms with Crippen molar-refractivity contribution >= 4 is 26.6 Å². The SMILES string of the molecule is COc1ccc2ccn(S(=O)(=O)c3ccc(C)c(N)c3)c2c1. The van der Waals surface area contributed by atoms with Crippen molar-refractivity contribution in [2.45, 2.75) is 11.8 Å². The van der Waals surface area contributed by atoms with Crippen LogP contribution in [0.3, 0.4) is 0 Å². The molecule has 1 heterocycles. The molecule has 5 nitrogen and oxygen atoms in total. The van der Waals surface area contributed by atoms with Crippen LogP contribution in [0.5, 0.6) is 5.75 Å². The van der Waals surface area contributed by atoms with Crippen LogP contribution in [-0.2, 0) is 10.0 Å². The molecule has 0 aliphatic rings. The summed E-state index contributed by atoms with van der Waals surface area (Å²) in [5.41, 5.74) is 7.70. The minimum Gasteiger partial charge on any atom is -0.497 e. The van der Waals surface area contributed by atoms with Crippen molar-refractivity contribution in [3.8, 4) is 5.75 Å². The van der Waals surface area contributed by atoms with Crippen LogP contribution in [0.25, 0.3) is 10.9 Å². The Morgan fingerprint density at radius 3 is 2.55 bits per heavy atom. The fraction of sp³-hybridized carbons (Fsp3) is 0.125. The molecule has 0 fully saturated rings. The molecule has 0 saturated carbocycles. The maximum absolute atomic E-state index is 12.8. The molecule has 6 heteroatoms. The van der Waals surface area contributed by atoms with Crippen molar-refractivity contribution < 1.29 is 13.2 Å². The molecular weight excluding hydrogens is 300 g/mol. The molecule has 0 spiro atoms. The molecule has 0 unspecified atom stereocenters. The van der Waals surface area contributed by atoms with Crippen molar-refractivity contribution in [2.24, 2.45) is 0 Å². The molecular formula is C16H16N2O3S. The highest BCUT2D eigenvalue weighted by Crippen LogP contribution is 2.27. The predicted molar refractivity (Wildman–Crippen MR) is 86.7 cm³/mol. The molecule has 0 aliphatic heterocycles. The average molecular weight is 316 g/mol. The van der Waals surface area contributed by atoms with Crippen molar-refractivity contribution in [2.75, 3.05) is 12.8 Å². The van der Waals surface area contributed by atoms with Crippen molar-refractivity contribution in [3.05, 3.63) is 54.2 Å². The van der Waals surface area contributed by atoms with E-state index in [-0.39, 0.29) is 4.90 Å². The summed E-state index contributed by atoms with van der Waals surface area (Å²) in [6.45, 7) is 1.83. The van der Waals surface area contributed by atoms with Crippen LogP contribution in [0.15, 0.2) is 53.6 Å². The van der Waals surface area contributed by atoms with E-state index in [1.54, 1.807) is 37.4 Å². The van der Waals surface area contributed by atoms with Crippen LogP contribution in [0.4, 0.5) is 5.69 Å². The van der Waals surface area contributed by atoms with Gasteiger partial charge in [-0.15, -0.1) is 0 Å². The smallest absolute Gasteiger partial charge is 0.268 e. The van der Waals surface area contributed by atoms with Gasteiger partial charge in [-0.2, -0.15) is 0 Å². The highest BCUT2D eigenvalue weighted by Gasteiger charge is 2.19. The number of ether oxygens (including phenoxy) is 1. The Kier molecular flexibility index (Phi) is 3.33. The third kappa shape index (κ3) is 2.21. The van der Waals surface area contributed by atoms with Crippen LogP contribution < -0.4 is 10.5 Å². The lowest BCUT2D eigenvalue weighted by atomic mass is 10.2. The first-order valence-corrected chi connectivity index (χ1v) is 8.14. The van der Waals surface area contributed by atoms with E-state index < -0.39 is 10.0 Å². The third-order valence-corrected chi connectivity index (χ3v) is 5.36. The van der Waals surface area contributed by atoms with Crippen molar-refractivity contribution in [1.82, 2.24) is 3.97 Å². The van der Waals surface area contributed by atoms with E-state index in [0.29, 0.717) is 17.0 Å². The number of hydrogen-bond donors (Lipinski definition) is 1. The predicted octanol–water partition coefficient (Wildman–Crippen LogP) is 2.78. The summed E-state index contributed by atoms with van der Waals surface area (Å²) in [5, 5.41) is 0.824. The lowest BCUT2D eigenvalue weighted by Crippen LogP contribution is -2.12. The summed E-state index contributed by atoms with van der Waals surface area (Å²) < 4.78 is 32.1. The molecule has 2 aromatic carbocycles. The van der Waals surface area contributed by atoms with Crippen LogP contribution in [0.1, 0.15) is 5.56 Å². The highest BCUT2D eigenvalue weighted by atomic mass is 32.2. The molecule has 0 saturated heterocycles. The summed E-state index contributed by atoms with van der Waals surface area (Å²) in [6.07, 6.45) is 1.54. The number of nitrogens with two attached hydrogens (primary N) is 1. The van der Waals surface area contributed by atoms with E-state index in [9.17, 15) is 8.42 Å². The maximum atomic E-state index is 12.8. The molecule has 0 aliphatic carbocycles. The van der Waals surface area contributed by atoms with Gasteiger partial charge >= 0.3 is 0 Å². The van der Waals surface area contributed by atoms with Crippen LogP contribution >= 0.6 is 0 Å². The number of aryl methyl sites for hydroxylation is 1. The van der Waals surface area contributed by atoms with Crippen molar-refractivity contribution in [3.63, 3.8) is 0 Å². The Hall–Kier alpha value is -2.47. The molecule has 3 rings (SSSR count). The second-order valence-electron chi connectivity index (χ2n) is 5.06. The van der Waals surface area contributed by atoms with Gasteiger partial charge in [-0.1, -0.05) is 6.07 Å². The molecule has 0 bridgehead atoms. The molecule has 0 radical (unpaired) electrons. The van der Waals surface area contributed by atoms with Gasteiger partial charge in [-0.05, 0) is 42.8 Å². The number of anilines is 1. The highest BCUT2D eigenvalue weighted by molar-refractivity contribution is 7.90. The zero-order chi connectivity index (χ0) is 15.9. The molecule has 114 valence electrons. The van der Waals surface area contributed by atoms with E-state index >= 15 is 0 Å². The Balaban J connectivity index is 2.22. The number of aromatic nitrogens is 1. The van der Waals surface area contributed by atoms with Gasteiger partial charge in [0.25, 0.3) is 10.0 Å². The largest absolute Gasteiger partial charge is 0.497 e. The second-order valence-corrected chi connectivity index (χ2v) is 6.87. The summed E-state index contributed by atoms with van der Waals surface area (Å²) >= 11 is 0. The first kappa shape index (κ1) is 14.5. The second kappa shape index (κ2) is 5.06. The van der Waals surface area contributed by atoms with Gasteiger partial charge in [0.15, 0.2) is 0 Å². The van der Waals surface area contributed by atoms with Gasteiger partial charge in [0, 0.05) is 23.3 Å². The zero-order valence-corrected chi connectivity index (χ0v) is 13.1. The van der Waals surface area contributed by atoms with E-state index in [1.165, 1.54) is 16.2 Å². The minimum absolute atomic E-state index is 0.163. The average Bonchev–Trinajstić information content (AvgIpc) is 2.93. The Bertz CT molecular complexity index is 959. The fourth-order valence-electron chi connectivity index (χ4n) is 2.31. The van der Waals surface area contributed by atoms with Gasteiger partial charge in [-0.3, -0.25) is 0 Å². The topological polar surface area (TPSA) is 74.3 Å². The van der Waals surface area contributed by atoms with Gasteiger partial charge in [0.05, 0.1) is 17.5 Å². The Labute approximate surface area is 129 Å². The number of methoxy groups -OCH3 is 1. The summed E-state index contributed by atoms with van der Waals surface area (Å²) in [4.78, 5) is 0.163. The van der Waals surface area contributed by atoms with Gasteiger partial charge in [0.2, 0.25) is 0 Å². The lowest BCUT2D eigenvalue weighted by molar-refractivity contribution is 0.415. The number of fused-ring (bicyclic) bond motifs is 1. The number of nitrogens with zero attached hydrogens (tertiary/aromatic N) is 1. The number of rotatable bonds is 3. The van der Waals surface area contributed by atoms with Gasteiger partial charge < -0.3 is 10.5 Å². The van der Waals surface area contributed by atoms with Crippen molar-refractivity contribution in [1.29, 1.82) is 0 Å². The van der Waals surface area contributed by atoms with E-state index in [4.69, 9.17) is 10.5 Å². The maximum Gasteiger partial charge on any atom is 0.268 e. The summed E-state index contributed by atoms with van der Waals surface area (Å²) in [7, 11) is -2.16. The molecule has 0 atom stereocenters. The normalized spacial score (nSPS) is 11.7.